The number of fused-ring (bicyclic) bond motifs is 14. The van der Waals surface area contributed by atoms with Crippen LogP contribution in [0.3, 0.4) is 0 Å². The number of nitrogens with zero attached hydrogens (tertiary/aromatic N) is 2. The molecule has 0 unspecified atom stereocenters. The third kappa shape index (κ3) is 1.78. The number of aromatic nitrogens is 2. The molecule has 2 heteroatoms. The Balaban J connectivity index is 1.55. The monoisotopic (exact) mass is 454 g/mol. The van der Waals surface area contributed by atoms with Gasteiger partial charge in [-0.15, -0.1) is 0 Å². The summed E-state index contributed by atoms with van der Waals surface area (Å²) >= 11 is 0. The molecule has 0 fully saturated rings. The van der Waals surface area contributed by atoms with Gasteiger partial charge in [-0.1, -0.05) is 91.0 Å². The highest BCUT2D eigenvalue weighted by Crippen LogP contribution is 2.45. The number of hydrogen-bond acceptors (Lipinski definition) is 0. The second-order valence-electron chi connectivity index (χ2n) is 10.2. The van der Waals surface area contributed by atoms with E-state index in [1.165, 1.54) is 87.0 Å². The molecule has 0 spiro atoms. The van der Waals surface area contributed by atoms with Crippen LogP contribution in [0, 0.1) is 0 Å². The highest BCUT2D eigenvalue weighted by atomic mass is 14.9. The van der Waals surface area contributed by atoms with Crippen LogP contribution < -0.4 is 0 Å². The molecule has 0 radical (unpaired) electrons. The molecule has 36 heavy (non-hydrogen) atoms. The van der Waals surface area contributed by atoms with Crippen molar-refractivity contribution in [2.45, 2.75) is 0 Å². The summed E-state index contributed by atoms with van der Waals surface area (Å²) in [7, 11) is 0. The van der Waals surface area contributed by atoms with Gasteiger partial charge in [0.15, 0.2) is 0 Å². The lowest BCUT2D eigenvalue weighted by atomic mass is 10.0. The molecule has 0 saturated heterocycles. The lowest BCUT2D eigenvalue weighted by Crippen LogP contribution is -1.85. The maximum absolute atomic E-state index is 2.53. The molecule has 0 bridgehead atoms. The molecule has 164 valence electrons. The fourth-order valence-corrected chi connectivity index (χ4v) is 7.15. The van der Waals surface area contributed by atoms with E-state index in [2.05, 4.69) is 118 Å². The fraction of sp³-hybridized carbons (Fsp3) is 0. The van der Waals surface area contributed by atoms with Crippen LogP contribution in [0.2, 0.25) is 0 Å². The van der Waals surface area contributed by atoms with Crippen LogP contribution in [0.25, 0.3) is 87.0 Å². The van der Waals surface area contributed by atoms with Crippen molar-refractivity contribution in [1.82, 2.24) is 8.80 Å². The zero-order valence-electron chi connectivity index (χ0n) is 19.3. The minimum Gasteiger partial charge on any atom is -0.308 e. The van der Waals surface area contributed by atoms with Crippen molar-refractivity contribution >= 4 is 87.0 Å². The summed E-state index contributed by atoms with van der Waals surface area (Å²) < 4.78 is 5.02. The summed E-state index contributed by atoms with van der Waals surface area (Å²) in [5.74, 6) is 0. The van der Waals surface area contributed by atoms with Gasteiger partial charge in [0.2, 0.25) is 0 Å². The van der Waals surface area contributed by atoms with Crippen molar-refractivity contribution in [3.8, 4) is 0 Å². The Morgan fingerprint density at radius 3 is 1.64 bits per heavy atom. The van der Waals surface area contributed by atoms with Crippen LogP contribution in [0.1, 0.15) is 0 Å². The molecule has 0 aliphatic carbocycles. The van der Waals surface area contributed by atoms with Gasteiger partial charge in [0.25, 0.3) is 0 Å². The van der Waals surface area contributed by atoms with Crippen molar-refractivity contribution in [3.05, 3.63) is 109 Å². The SMILES string of the molecule is c1ccc2c(c1)ccc1c3cccc4c5cc6c7cccc8c9ccccc9n(c6cc5n(c21)c43)c87. The molecule has 2 nitrogen and oxygen atoms in total. The van der Waals surface area contributed by atoms with Gasteiger partial charge in [-0.2, -0.15) is 0 Å². The van der Waals surface area contributed by atoms with Crippen molar-refractivity contribution in [2.75, 3.05) is 0 Å². The topological polar surface area (TPSA) is 8.82 Å². The molecule has 4 aromatic heterocycles. The number of para-hydroxylation sites is 3. The standard InChI is InChI=1S/C34H18N2/c1-2-8-20-19(7-1)15-16-26-23-11-6-13-25-28-17-27-24-12-5-10-22-21-9-3-4-14-29(21)35(33(22)24)30(27)18-31(28)36(32(20)26)34(23)25/h1-18H. The molecular formula is C34H18N2. The lowest BCUT2D eigenvalue weighted by molar-refractivity contribution is 1.35. The second kappa shape index (κ2) is 5.69. The summed E-state index contributed by atoms with van der Waals surface area (Å²) in [4.78, 5) is 0. The zero-order chi connectivity index (χ0) is 23.1. The second-order valence-corrected chi connectivity index (χ2v) is 10.2. The molecule has 0 N–H and O–H groups in total. The number of hydrogen-bond donors (Lipinski definition) is 0. The Bertz CT molecular complexity index is 2520. The van der Waals surface area contributed by atoms with Crippen LogP contribution >= 0.6 is 0 Å². The average molecular weight is 455 g/mol. The Morgan fingerprint density at radius 2 is 0.833 bits per heavy atom. The lowest BCUT2D eigenvalue weighted by Gasteiger charge is -2.04. The molecule has 0 saturated carbocycles. The van der Waals surface area contributed by atoms with E-state index in [4.69, 9.17) is 0 Å². The normalized spacial score (nSPS) is 13.0. The van der Waals surface area contributed by atoms with Gasteiger partial charge < -0.3 is 8.80 Å². The van der Waals surface area contributed by atoms with E-state index in [0.29, 0.717) is 0 Å². The van der Waals surface area contributed by atoms with Gasteiger partial charge in [0, 0.05) is 48.5 Å². The third-order valence-electron chi connectivity index (χ3n) is 8.54. The van der Waals surface area contributed by atoms with E-state index in [1.807, 2.05) is 0 Å². The van der Waals surface area contributed by atoms with Gasteiger partial charge >= 0.3 is 0 Å². The van der Waals surface area contributed by atoms with E-state index >= 15 is 0 Å². The van der Waals surface area contributed by atoms with E-state index in [0.717, 1.165) is 0 Å². The van der Waals surface area contributed by atoms with E-state index in [9.17, 15) is 0 Å². The largest absolute Gasteiger partial charge is 0.308 e. The van der Waals surface area contributed by atoms with E-state index in [-0.39, 0.29) is 0 Å². The predicted octanol–water partition coefficient (Wildman–Crippen LogP) is 9.14. The molecule has 0 aliphatic rings. The highest BCUT2D eigenvalue weighted by molar-refractivity contribution is 6.30. The molecule has 0 aliphatic heterocycles. The van der Waals surface area contributed by atoms with Gasteiger partial charge in [-0.3, -0.25) is 0 Å². The maximum atomic E-state index is 2.53. The Hall–Kier alpha value is -4.82. The first-order valence-electron chi connectivity index (χ1n) is 12.5. The first-order valence-corrected chi connectivity index (χ1v) is 12.5. The van der Waals surface area contributed by atoms with Crippen molar-refractivity contribution in [2.24, 2.45) is 0 Å². The first-order chi connectivity index (χ1) is 17.9. The molecular weight excluding hydrogens is 436 g/mol. The van der Waals surface area contributed by atoms with Gasteiger partial charge in [0.1, 0.15) is 0 Å². The van der Waals surface area contributed by atoms with Gasteiger partial charge in [-0.25, -0.2) is 0 Å². The highest BCUT2D eigenvalue weighted by Gasteiger charge is 2.22. The van der Waals surface area contributed by atoms with Crippen molar-refractivity contribution in [1.29, 1.82) is 0 Å². The number of rotatable bonds is 0. The van der Waals surface area contributed by atoms with Crippen LogP contribution in [0.5, 0.6) is 0 Å². The molecule has 10 aromatic rings. The minimum atomic E-state index is 1.28. The predicted molar refractivity (Wildman–Crippen MR) is 153 cm³/mol. The smallest absolute Gasteiger partial charge is 0.0620 e. The maximum Gasteiger partial charge on any atom is 0.0620 e. The summed E-state index contributed by atoms with van der Waals surface area (Å²) in [5, 5.41) is 13.2. The summed E-state index contributed by atoms with van der Waals surface area (Å²) in [6.45, 7) is 0. The fourth-order valence-electron chi connectivity index (χ4n) is 7.15. The van der Waals surface area contributed by atoms with Crippen LogP contribution in [0.15, 0.2) is 109 Å². The molecule has 0 amide bonds. The number of benzene rings is 6. The molecule has 0 atom stereocenters. The third-order valence-corrected chi connectivity index (χ3v) is 8.54. The van der Waals surface area contributed by atoms with Crippen molar-refractivity contribution in [3.63, 3.8) is 0 Å². The Labute approximate surface area is 204 Å². The van der Waals surface area contributed by atoms with Crippen LogP contribution in [-0.4, -0.2) is 8.80 Å². The molecule has 10 rings (SSSR count). The summed E-state index contributed by atoms with van der Waals surface area (Å²) in [6, 6.07) is 40.6. The van der Waals surface area contributed by atoms with Crippen LogP contribution in [0.4, 0.5) is 0 Å². The average Bonchev–Trinajstić information content (AvgIpc) is 3.65. The van der Waals surface area contributed by atoms with Gasteiger partial charge in [0.05, 0.1) is 33.1 Å². The van der Waals surface area contributed by atoms with E-state index in [1.54, 1.807) is 0 Å². The van der Waals surface area contributed by atoms with Crippen LogP contribution in [-0.2, 0) is 0 Å². The quantitative estimate of drug-likeness (QED) is 0.216. The van der Waals surface area contributed by atoms with Crippen molar-refractivity contribution < 1.29 is 0 Å². The summed E-state index contributed by atoms with van der Waals surface area (Å²) in [6.07, 6.45) is 0. The first kappa shape index (κ1) is 17.6. The summed E-state index contributed by atoms with van der Waals surface area (Å²) in [5.41, 5.74) is 7.82. The molecule has 4 heterocycles. The van der Waals surface area contributed by atoms with Gasteiger partial charge in [-0.05, 0) is 23.6 Å². The Morgan fingerprint density at radius 1 is 0.306 bits per heavy atom. The zero-order valence-corrected chi connectivity index (χ0v) is 19.3. The minimum absolute atomic E-state index is 1.28. The molecule has 6 aromatic carbocycles. The Kier molecular flexibility index (Phi) is 2.78. The van der Waals surface area contributed by atoms with E-state index < -0.39 is 0 Å².